The first-order valence-corrected chi connectivity index (χ1v) is 11.0. The molecule has 2 heterocycles. The lowest BCUT2D eigenvalue weighted by atomic mass is 10.2. The third-order valence-corrected chi connectivity index (χ3v) is 6.04. The van der Waals surface area contributed by atoms with Crippen LogP contribution in [0.3, 0.4) is 0 Å². The lowest BCUT2D eigenvalue weighted by Gasteiger charge is -2.13. The summed E-state index contributed by atoms with van der Waals surface area (Å²) in [5.41, 5.74) is 0.462. The van der Waals surface area contributed by atoms with Gasteiger partial charge in [0.15, 0.2) is 5.16 Å². The minimum atomic E-state index is -0.880. The Hall–Kier alpha value is -3.56. The Morgan fingerprint density at radius 1 is 1.00 bits per heavy atom. The quantitative estimate of drug-likeness (QED) is 0.238. The summed E-state index contributed by atoms with van der Waals surface area (Å²) < 4.78 is 34.9. The summed E-state index contributed by atoms with van der Waals surface area (Å²) in [6.07, 6.45) is 0. The fraction of sp³-hybridized carbons (Fsp3) is 0.0435. The van der Waals surface area contributed by atoms with Crippen LogP contribution in [0.25, 0.3) is 28.0 Å². The number of nitrogens with zero attached hydrogens (tertiary/aromatic N) is 4. The Morgan fingerprint density at radius 2 is 1.79 bits per heavy atom. The van der Waals surface area contributed by atoms with Crippen LogP contribution in [-0.2, 0) is 5.75 Å². The van der Waals surface area contributed by atoms with Gasteiger partial charge in [-0.2, -0.15) is 0 Å². The van der Waals surface area contributed by atoms with Crippen LogP contribution >= 0.6 is 23.4 Å². The molecule has 10 heteroatoms. The second kappa shape index (κ2) is 8.76. The largest absolute Gasteiger partial charge is 0.420 e. The lowest BCUT2D eigenvalue weighted by Crippen LogP contribution is -2.22. The molecule has 33 heavy (non-hydrogen) atoms. The topological polar surface area (TPSA) is 73.8 Å². The highest BCUT2D eigenvalue weighted by Crippen LogP contribution is 2.29. The van der Waals surface area contributed by atoms with Gasteiger partial charge in [-0.1, -0.05) is 47.6 Å². The molecule has 6 nitrogen and oxygen atoms in total. The number of benzene rings is 3. The Bertz CT molecular complexity index is 1550. The highest BCUT2D eigenvalue weighted by Gasteiger charge is 2.18. The van der Waals surface area contributed by atoms with Crippen molar-refractivity contribution >= 4 is 34.3 Å². The molecule has 0 amide bonds. The SMILES string of the molecule is O=c1c2ccccc2nc(SCc2nnc(-c3ccccc3Cl)o2)n1-c1ccc(F)cc1F. The minimum Gasteiger partial charge on any atom is -0.420 e. The fourth-order valence-corrected chi connectivity index (χ4v) is 4.32. The van der Waals surface area contributed by atoms with Crippen molar-refractivity contribution in [1.29, 1.82) is 0 Å². The number of halogens is 3. The summed E-state index contributed by atoms with van der Waals surface area (Å²) in [6, 6.07) is 16.8. The second-order valence-electron chi connectivity index (χ2n) is 6.92. The first-order valence-electron chi connectivity index (χ1n) is 9.68. The van der Waals surface area contributed by atoms with Crippen molar-refractivity contribution in [1.82, 2.24) is 19.7 Å². The van der Waals surface area contributed by atoms with E-state index in [4.69, 9.17) is 16.0 Å². The first kappa shape index (κ1) is 21.3. The molecule has 0 atom stereocenters. The smallest absolute Gasteiger partial charge is 0.266 e. The molecular formula is C23H13ClF2N4O2S. The molecule has 0 bridgehead atoms. The molecule has 0 saturated carbocycles. The molecule has 0 N–H and O–H groups in total. The normalized spacial score (nSPS) is 11.2. The van der Waals surface area contributed by atoms with Crippen molar-refractivity contribution < 1.29 is 13.2 Å². The van der Waals surface area contributed by atoms with Crippen LogP contribution in [0.4, 0.5) is 8.78 Å². The molecule has 0 saturated heterocycles. The Morgan fingerprint density at radius 3 is 2.61 bits per heavy atom. The Balaban J connectivity index is 1.54. The van der Waals surface area contributed by atoms with E-state index < -0.39 is 17.2 Å². The third-order valence-electron chi connectivity index (χ3n) is 4.79. The van der Waals surface area contributed by atoms with Crippen LogP contribution < -0.4 is 5.56 Å². The average Bonchev–Trinajstić information content (AvgIpc) is 3.28. The predicted molar refractivity (Wildman–Crippen MR) is 122 cm³/mol. The van der Waals surface area contributed by atoms with Crippen molar-refractivity contribution in [2.75, 3.05) is 0 Å². The summed E-state index contributed by atoms with van der Waals surface area (Å²) in [5.74, 6) is -0.946. The van der Waals surface area contributed by atoms with Gasteiger partial charge in [-0.25, -0.2) is 13.8 Å². The van der Waals surface area contributed by atoms with Crippen LogP contribution in [0.15, 0.2) is 81.1 Å². The number of para-hydroxylation sites is 1. The molecule has 0 aliphatic carbocycles. The van der Waals surface area contributed by atoms with E-state index in [0.717, 1.165) is 28.5 Å². The molecule has 5 aromatic rings. The van der Waals surface area contributed by atoms with Crippen molar-refractivity contribution in [3.05, 3.63) is 99.6 Å². The fourth-order valence-electron chi connectivity index (χ4n) is 3.27. The van der Waals surface area contributed by atoms with Gasteiger partial charge in [0.05, 0.1) is 32.9 Å². The van der Waals surface area contributed by atoms with Crippen molar-refractivity contribution in [2.24, 2.45) is 0 Å². The number of rotatable bonds is 5. The van der Waals surface area contributed by atoms with Crippen molar-refractivity contribution in [3.63, 3.8) is 0 Å². The van der Waals surface area contributed by atoms with Crippen LogP contribution in [0.1, 0.15) is 5.89 Å². The van der Waals surface area contributed by atoms with E-state index in [0.29, 0.717) is 21.5 Å². The van der Waals surface area contributed by atoms with E-state index in [-0.39, 0.29) is 28.4 Å². The molecule has 3 aromatic carbocycles. The number of aromatic nitrogens is 4. The van der Waals surface area contributed by atoms with Gasteiger partial charge in [-0.05, 0) is 36.4 Å². The first-order chi connectivity index (χ1) is 16.0. The summed E-state index contributed by atoms with van der Waals surface area (Å²) in [5, 5.41) is 9.03. The van der Waals surface area contributed by atoms with Gasteiger partial charge in [0, 0.05) is 6.07 Å². The highest BCUT2D eigenvalue weighted by molar-refractivity contribution is 7.98. The second-order valence-corrected chi connectivity index (χ2v) is 8.27. The Kier molecular flexibility index (Phi) is 5.65. The molecule has 2 aromatic heterocycles. The van der Waals surface area contributed by atoms with Gasteiger partial charge >= 0.3 is 0 Å². The van der Waals surface area contributed by atoms with Crippen molar-refractivity contribution in [2.45, 2.75) is 10.9 Å². The molecule has 0 radical (unpaired) electrons. The molecule has 164 valence electrons. The van der Waals surface area contributed by atoms with Gasteiger partial charge in [-0.15, -0.1) is 10.2 Å². The molecule has 0 aliphatic heterocycles. The number of thioether (sulfide) groups is 1. The molecule has 0 aliphatic rings. The molecular weight excluding hydrogens is 470 g/mol. The Labute approximate surface area is 194 Å². The zero-order valence-electron chi connectivity index (χ0n) is 16.7. The number of hydrogen-bond acceptors (Lipinski definition) is 6. The number of fused-ring (bicyclic) bond motifs is 1. The minimum absolute atomic E-state index is 0.107. The molecule has 0 fully saturated rings. The van der Waals surface area contributed by atoms with Gasteiger partial charge in [-0.3, -0.25) is 9.36 Å². The third kappa shape index (κ3) is 4.12. The van der Waals surface area contributed by atoms with Gasteiger partial charge in [0.1, 0.15) is 11.6 Å². The molecule has 0 spiro atoms. The monoisotopic (exact) mass is 482 g/mol. The van der Waals surface area contributed by atoms with E-state index in [1.807, 2.05) is 0 Å². The van der Waals surface area contributed by atoms with Gasteiger partial charge < -0.3 is 4.42 Å². The average molecular weight is 483 g/mol. The number of hydrogen-bond donors (Lipinski definition) is 0. The van der Waals surface area contributed by atoms with Crippen LogP contribution in [0, 0.1) is 11.6 Å². The van der Waals surface area contributed by atoms with Crippen LogP contribution in [-0.4, -0.2) is 19.7 Å². The van der Waals surface area contributed by atoms with E-state index in [2.05, 4.69) is 15.2 Å². The van der Waals surface area contributed by atoms with E-state index in [9.17, 15) is 13.6 Å². The summed E-state index contributed by atoms with van der Waals surface area (Å²) in [6.45, 7) is 0. The van der Waals surface area contributed by atoms with Crippen LogP contribution in [0.2, 0.25) is 5.02 Å². The van der Waals surface area contributed by atoms with E-state index in [1.165, 1.54) is 6.07 Å². The standard InChI is InChI=1S/C23H13ClF2N4O2S/c24-16-7-3-1-5-14(16)21-29-28-20(32-21)12-33-23-27-18-8-4-2-6-15(18)22(31)30(23)19-10-9-13(25)11-17(19)26/h1-11H,12H2. The van der Waals surface area contributed by atoms with Crippen molar-refractivity contribution in [3.8, 4) is 17.1 Å². The van der Waals surface area contributed by atoms with E-state index >= 15 is 0 Å². The predicted octanol–water partition coefficient (Wildman–Crippen LogP) is 5.66. The zero-order valence-corrected chi connectivity index (χ0v) is 18.3. The maximum Gasteiger partial charge on any atom is 0.266 e. The maximum absolute atomic E-state index is 14.6. The summed E-state index contributed by atoms with van der Waals surface area (Å²) in [7, 11) is 0. The summed E-state index contributed by atoms with van der Waals surface area (Å²) >= 11 is 7.30. The van der Waals surface area contributed by atoms with Crippen LogP contribution in [0.5, 0.6) is 0 Å². The lowest BCUT2D eigenvalue weighted by molar-refractivity contribution is 0.528. The zero-order chi connectivity index (χ0) is 22.9. The van der Waals surface area contributed by atoms with Gasteiger partial charge in [0.25, 0.3) is 5.56 Å². The van der Waals surface area contributed by atoms with Gasteiger partial charge in [0.2, 0.25) is 11.8 Å². The maximum atomic E-state index is 14.6. The molecule has 0 unspecified atom stereocenters. The summed E-state index contributed by atoms with van der Waals surface area (Å²) in [4.78, 5) is 17.7. The molecule has 5 rings (SSSR count). The highest BCUT2D eigenvalue weighted by atomic mass is 35.5. The van der Waals surface area contributed by atoms with E-state index in [1.54, 1.807) is 48.5 Å².